The fourth-order valence-corrected chi connectivity index (χ4v) is 1.81. The number of pyridine rings is 1. The minimum Gasteiger partial charge on any atom is -0.380 e. The first-order valence-corrected chi connectivity index (χ1v) is 6.09. The summed E-state index contributed by atoms with van der Waals surface area (Å²) in [4.78, 5) is 26.5. The highest BCUT2D eigenvalue weighted by molar-refractivity contribution is 6.07. The lowest BCUT2D eigenvalue weighted by Gasteiger charge is -2.07. The third-order valence-electron chi connectivity index (χ3n) is 2.73. The van der Waals surface area contributed by atoms with E-state index in [1.165, 1.54) is 25.4 Å². The van der Waals surface area contributed by atoms with E-state index in [1.54, 1.807) is 24.4 Å². The normalized spacial score (nSPS) is 10.1. The summed E-state index contributed by atoms with van der Waals surface area (Å²) in [7, 11) is 1.49. The number of hydrogen-bond donors (Lipinski definition) is 1. The second-order valence-corrected chi connectivity index (χ2v) is 4.24. The Morgan fingerprint density at radius 1 is 1.43 bits per heavy atom. The second-order valence-electron chi connectivity index (χ2n) is 4.24. The Hall–Kier alpha value is -2.80. The number of rotatable bonds is 5. The number of benzene rings is 1. The number of methoxy groups -OCH3 is 1. The Bertz CT molecular complexity index is 659. The third kappa shape index (κ3) is 3.61. The van der Waals surface area contributed by atoms with Crippen molar-refractivity contribution in [1.29, 1.82) is 0 Å². The Morgan fingerprint density at radius 3 is 2.86 bits per heavy atom. The number of nitrogens with one attached hydrogen (secondary N) is 1. The number of anilines is 1. The van der Waals surface area contributed by atoms with Gasteiger partial charge in [-0.15, -0.1) is 0 Å². The lowest BCUT2D eigenvalue weighted by atomic mass is 10.1. The van der Waals surface area contributed by atoms with Crippen LogP contribution in [0.5, 0.6) is 0 Å². The van der Waals surface area contributed by atoms with Crippen LogP contribution in [-0.4, -0.2) is 22.9 Å². The molecule has 0 aliphatic heterocycles. The van der Waals surface area contributed by atoms with Crippen molar-refractivity contribution in [3.05, 3.63) is 64.0 Å². The van der Waals surface area contributed by atoms with Crippen molar-refractivity contribution in [2.45, 2.75) is 6.61 Å². The monoisotopic (exact) mass is 287 g/mol. The molecule has 2 rings (SSSR count). The summed E-state index contributed by atoms with van der Waals surface area (Å²) in [5.41, 5.74) is 0.828. The zero-order chi connectivity index (χ0) is 15.2. The number of hydrogen-bond acceptors (Lipinski definition) is 5. The van der Waals surface area contributed by atoms with Gasteiger partial charge in [0.1, 0.15) is 5.56 Å². The molecular formula is C14H13N3O4. The minimum atomic E-state index is -0.586. The zero-order valence-electron chi connectivity index (χ0n) is 11.3. The predicted octanol–water partition coefficient (Wildman–Crippen LogP) is 2.39. The highest BCUT2D eigenvalue weighted by Gasteiger charge is 2.20. The number of carbonyl (C=O) groups excluding carboxylic acids is 1. The summed E-state index contributed by atoms with van der Waals surface area (Å²) in [5, 5.41) is 13.7. The molecule has 0 saturated heterocycles. The fraction of sp³-hybridized carbons (Fsp3) is 0.143. The van der Waals surface area contributed by atoms with Crippen LogP contribution in [-0.2, 0) is 11.3 Å². The first-order chi connectivity index (χ1) is 10.1. The molecule has 0 aliphatic rings. The van der Waals surface area contributed by atoms with E-state index in [-0.39, 0.29) is 17.9 Å². The fourth-order valence-electron chi connectivity index (χ4n) is 1.81. The minimum absolute atomic E-state index is 0.0105. The van der Waals surface area contributed by atoms with Crippen molar-refractivity contribution in [2.75, 3.05) is 12.4 Å². The maximum Gasteiger partial charge on any atom is 0.282 e. The molecule has 21 heavy (non-hydrogen) atoms. The molecule has 0 atom stereocenters. The van der Waals surface area contributed by atoms with E-state index in [4.69, 9.17) is 4.74 Å². The van der Waals surface area contributed by atoms with Crippen molar-refractivity contribution < 1.29 is 14.5 Å². The molecule has 7 heteroatoms. The summed E-state index contributed by atoms with van der Waals surface area (Å²) >= 11 is 0. The molecule has 2 aromatic rings. The van der Waals surface area contributed by atoms with Gasteiger partial charge in [0.15, 0.2) is 0 Å². The molecule has 1 aromatic heterocycles. The summed E-state index contributed by atoms with van der Waals surface area (Å²) in [6.45, 7) is 0.241. The quantitative estimate of drug-likeness (QED) is 0.673. The molecule has 0 saturated carbocycles. The van der Waals surface area contributed by atoms with E-state index in [1.807, 2.05) is 0 Å². The van der Waals surface area contributed by atoms with Gasteiger partial charge in [-0.05, 0) is 23.8 Å². The van der Waals surface area contributed by atoms with Crippen molar-refractivity contribution >= 4 is 17.3 Å². The van der Waals surface area contributed by atoms with Crippen LogP contribution in [0.15, 0.2) is 42.7 Å². The zero-order valence-corrected chi connectivity index (χ0v) is 11.3. The predicted molar refractivity (Wildman–Crippen MR) is 76.0 cm³/mol. The molecule has 1 amide bonds. The molecule has 0 radical (unpaired) electrons. The molecule has 7 nitrogen and oxygen atoms in total. The molecule has 0 unspecified atom stereocenters. The largest absolute Gasteiger partial charge is 0.380 e. The molecular weight excluding hydrogens is 274 g/mol. The molecule has 108 valence electrons. The van der Waals surface area contributed by atoms with Crippen LogP contribution in [0.3, 0.4) is 0 Å². The average Bonchev–Trinajstić information content (AvgIpc) is 2.48. The van der Waals surface area contributed by atoms with E-state index < -0.39 is 10.8 Å². The number of nitro benzene ring substituents is 1. The number of amides is 1. The van der Waals surface area contributed by atoms with Gasteiger partial charge >= 0.3 is 0 Å². The maximum absolute atomic E-state index is 12.1. The van der Waals surface area contributed by atoms with Crippen LogP contribution in [0.1, 0.15) is 15.9 Å². The van der Waals surface area contributed by atoms with Gasteiger partial charge in [-0.2, -0.15) is 0 Å². The van der Waals surface area contributed by atoms with Crippen LogP contribution >= 0.6 is 0 Å². The van der Waals surface area contributed by atoms with Crippen LogP contribution in [0.25, 0.3) is 0 Å². The Balaban J connectivity index is 2.29. The lowest BCUT2D eigenvalue weighted by Crippen LogP contribution is -2.14. The van der Waals surface area contributed by atoms with Crippen molar-refractivity contribution in [2.24, 2.45) is 0 Å². The van der Waals surface area contributed by atoms with Gasteiger partial charge in [-0.3, -0.25) is 19.9 Å². The van der Waals surface area contributed by atoms with Gasteiger partial charge in [0.25, 0.3) is 11.6 Å². The van der Waals surface area contributed by atoms with Gasteiger partial charge < -0.3 is 10.1 Å². The standard InChI is InChI=1S/C14H13N3O4/c1-21-9-10-4-5-12(13(7-10)17(19)20)14(18)16-11-3-2-6-15-8-11/h2-8H,9H2,1H3,(H,16,18). The molecule has 1 aromatic carbocycles. The first kappa shape index (κ1) is 14.6. The summed E-state index contributed by atoms with van der Waals surface area (Å²) < 4.78 is 4.93. The van der Waals surface area contributed by atoms with E-state index in [0.29, 0.717) is 11.3 Å². The number of aromatic nitrogens is 1. The van der Waals surface area contributed by atoms with Crippen molar-refractivity contribution in [3.63, 3.8) is 0 Å². The van der Waals surface area contributed by atoms with Gasteiger partial charge in [-0.25, -0.2) is 0 Å². The van der Waals surface area contributed by atoms with Crippen LogP contribution in [0.4, 0.5) is 11.4 Å². The topological polar surface area (TPSA) is 94.4 Å². The maximum atomic E-state index is 12.1. The summed E-state index contributed by atoms with van der Waals surface area (Å²) in [6.07, 6.45) is 3.03. The lowest BCUT2D eigenvalue weighted by molar-refractivity contribution is -0.385. The van der Waals surface area contributed by atoms with Crippen molar-refractivity contribution in [3.8, 4) is 0 Å². The summed E-state index contributed by atoms with van der Waals surface area (Å²) in [5.74, 6) is -0.557. The van der Waals surface area contributed by atoms with E-state index in [9.17, 15) is 14.9 Å². The van der Waals surface area contributed by atoms with Gasteiger partial charge in [-0.1, -0.05) is 6.07 Å². The van der Waals surface area contributed by atoms with Crippen LogP contribution in [0, 0.1) is 10.1 Å². The smallest absolute Gasteiger partial charge is 0.282 e. The van der Waals surface area contributed by atoms with E-state index >= 15 is 0 Å². The van der Waals surface area contributed by atoms with Crippen LogP contribution in [0.2, 0.25) is 0 Å². The number of nitrogens with zero attached hydrogens (tertiary/aromatic N) is 2. The summed E-state index contributed by atoms with van der Waals surface area (Å²) in [6, 6.07) is 7.68. The molecule has 0 aliphatic carbocycles. The van der Waals surface area contributed by atoms with Gasteiger partial charge in [0.05, 0.1) is 23.4 Å². The molecule has 1 N–H and O–H groups in total. The Morgan fingerprint density at radius 2 is 2.24 bits per heavy atom. The number of ether oxygens (including phenoxy) is 1. The Labute approximate surface area is 120 Å². The highest BCUT2D eigenvalue weighted by Crippen LogP contribution is 2.22. The van der Waals surface area contributed by atoms with E-state index in [0.717, 1.165) is 0 Å². The van der Waals surface area contributed by atoms with E-state index in [2.05, 4.69) is 10.3 Å². The first-order valence-electron chi connectivity index (χ1n) is 6.09. The number of nitro groups is 1. The highest BCUT2D eigenvalue weighted by atomic mass is 16.6. The molecule has 0 spiro atoms. The Kier molecular flexibility index (Phi) is 4.57. The number of carbonyl (C=O) groups is 1. The molecule has 0 bridgehead atoms. The third-order valence-corrected chi connectivity index (χ3v) is 2.73. The SMILES string of the molecule is COCc1ccc(C(=O)Nc2cccnc2)c([N+](=O)[O-])c1. The molecule has 1 heterocycles. The van der Waals surface area contributed by atoms with Crippen molar-refractivity contribution in [1.82, 2.24) is 4.98 Å². The molecule has 0 fully saturated rings. The second kappa shape index (κ2) is 6.58. The average molecular weight is 287 g/mol. The van der Waals surface area contributed by atoms with Gasteiger partial charge in [0, 0.05) is 19.4 Å². The van der Waals surface area contributed by atoms with Gasteiger partial charge in [0.2, 0.25) is 0 Å². The van der Waals surface area contributed by atoms with Crippen LogP contribution < -0.4 is 5.32 Å².